The van der Waals surface area contributed by atoms with E-state index in [0.29, 0.717) is 22.3 Å². The standard InChI is InChI=1S/C19H24N4O4S/c1-19(2,3)15(28-18-21-13(26-4)11-14(22-18)27-5)17(25)23(20)16(24)12-9-7-6-8-10-12/h6-11,15H,20H2,1-5H3. The number of methoxy groups -OCH3 is 2. The van der Waals surface area contributed by atoms with Crippen LogP contribution in [0.25, 0.3) is 0 Å². The maximum absolute atomic E-state index is 13.1. The van der Waals surface area contributed by atoms with Crippen molar-refractivity contribution in [2.45, 2.75) is 31.2 Å². The van der Waals surface area contributed by atoms with Gasteiger partial charge in [0.25, 0.3) is 11.8 Å². The molecule has 1 aromatic heterocycles. The van der Waals surface area contributed by atoms with Gasteiger partial charge in [-0.25, -0.2) is 10.9 Å². The van der Waals surface area contributed by atoms with Gasteiger partial charge in [0.15, 0.2) is 5.16 Å². The summed E-state index contributed by atoms with van der Waals surface area (Å²) >= 11 is 1.10. The number of rotatable bonds is 6. The molecule has 1 atom stereocenters. The highest BCUT2D eigenvalue weighted by atomic mass is 32.2. The molecule has 9 heteroatoms. The number of amides is 2. The van der Waals surface area contributed by atoms with Crippen molar-refractivity contribution in [2.75, 3.05) is 14.2 Å². The molecule has 0 fully saturated rings. The van der Waals surface area contributed by atoms with Gasteiger partial charge in [-0.15, -0.1) is 0 Å². The number of aromatic nitrogens is 2. The molecule has 0 aliphatic rings. The quantitative estimate of drug-likeness (QED) is 0.257. The van der Waals surface area contributed by atoms with Gasteiger partial charge in [-0.05, 0) is 17.5 Å². The maximum atomic E-state index is 13.1. The summed E-state index contributed by atoms with van der Waals surface area (Å²) in [6.45, 7) is 5.63. The second-order valence-corrected chi connectivity index (χ2v) is 8.05. The first kappa shape index (κ1) is 21.6. The van der Waals surface area contributed by atoms with Gasteiger partial charge >= 0.3 is 0 Å². The molecule has 1 heterocycles. The first-order chi connectivity index (χ1) is 13.2. The zero-order chi connectivity index (χ0) is 20.9. The first-order valence-corrected chi connectivity index (χ1v) is 9.37. The summed E-state index contributed by atoms with van der Waals surface area (Å²) in [6.07, 6.45) is 0. The van der Waals surface area contributed by atoms with E-state index in [1.165, 1.54) is 20.3 Å². The van der Waals surface area contributed by atoms with Gasteiger partial charge in [-0.1, -0.05) is 50.7 Å². The van der Waals surface area contributed by atoms with E-state index < -0.39 is 22.5 Å². The fraction of sp³-hybridized carbons (Fsp3) is 0.368. The third-order valence-electron chi connectivity index (χ3n) is 3.79. The van der Waals surface area contributed by atoms with Crippen molar-refractivity contribution in [3.05, 3.63) is 42.0 Å². The number of carbonyl (C=O) groups excluding carboxylic acids is 2. The average molecular weight is 404 g/mol. The Balaban J connectivity index is 2.31. The molecule has 0 spiro atoms. The number of imide groups is 1. The highest BCUT2D eigenvalue weighted by Gasteiger charge is 2.38. The Morgan fingerprint density at radius 2 is 1.61 bits per heavy atom. The highest BCUT2D eigenvalue weighted by molar-refractivity contribution is 8.00. The molecule has 0 aliphatic carbocycles. The number of ether oxygens (including phenoxy) is 2. The van der Waals surface area contributed by atoms with Crippen LogP contribution < -0.4 is 15.3 Å². The monoisotopic (exact) mass is 404 g/mol. The number of hydrazine groups is 1. The zero-order valence-electron chi connectivity index (χ0n) is 16.5. The minimum Gasteiger partial charge on any atom is -0.481 e. The van der Waals surface area contributed by atoms with Gasteiger partial charge in [0.05, 0.1) is 25.5 Å². The summed E-state index contributed by atoms with van der Waals surface area (Å²) in [6, 6.07) is 9.93. The van der Waals surface area contributed by atoms with Crippen molar-refractivity contribution in [3.63, 3.8) is 0 Å². The van der Waals surface area contributed by atoms with Crippen LogP contribution in [0, 0.1) is 5.41 Å². The molecule has 0 radical (unpaired) electrons. The SMILES string of the molecule is COc1cc(OC)nc(SC(C(=O)N(N)C(=O)c2ccccc2)C(C)(C)C)n1. The van der Waals surface area contributed by atoms with Gasteiger partial charge in [0.2, 0.25) is 11.8 Å². The van der Waals surface area contributed by atoms with Crippen LogP contribution in [0.2, 0.25) is 0 Å². The van der Waals surface area contributed by atoms with Crippen LogP contribution in [-0.4, -0.2) is 46.3 Å². The van der Waals surface area contributed by atoms with E-state index in [9.17, 15) is 9.59 Å². The van der Waals surface area contributed by atoms with Crippen molar-refractivity contribution in [2.24, 2.45) is 11.3 Å². The predicted molar refractivity (Wildman–Crippen MR) is 106 cm³/mol. The molecule has 2 aromatic rings. The summed E-state index contributed by atoms with van der Waals surface area (Å²) in [4.78, 5) is 34.1. The topological polar surface area (TPSA) is 108 Å². The lowest BCUT2D eigenvalue weighted by molar-refractivity contribution is -0.130. The second kappa shape index (κ2) is 9.03. The Bertz CT molecular complexity index is 817. The second-order valence-electron chi connectivity index (χ2n) is 6.98. The van der Waals surface area contributed by atoms with E-state index in [0.717, 1.165) is 11.8 Å². The highest BCUT2D eigenvalue weighted by Crippen LogP contribution is 2.36. The number of hydrogen-bond donors (Lipinski definition) is 1. The smallest absolute Gasteiger partial charge is 0.274 e. The molecule has 0 bridgehead atoms. The molecule has 2 amide bonds. The Kier molecular flexibility index (Phi) is 6.98. The van der Waals surface area contributed by atoms with Gasteiger partial charge in [0, 0.05) is 5.56 Å². The molecular weight excluding hydrogens is 380 g/mol. The minimum atomic E-state index is -0.720. The number of carbonyl (C=O) groups is 2. The Morgan fingerprint density at radius 3 is 2.07 bits per heavy atom. The third-order valence-corrected chi connectivity index (χ3v) is 5.33. The number of hydrogen-bond acceptors (Lipinski definition) is 8. The molecule has 8 nitrogen and oxygen atoms in total. The number of thioether (sulfide) groups is 1. The van der Waals surface area contributed by atoms with E-state index in [2.05, 4.69) is 9.97 Å². The number of nitrogens with zero attached hydrogens (tertiary/aromatic N) is 3. The van der Waals surface area contributed by atoms with E-state index in [1.54, 1.807) is 30.3 Å². The van der Waals surface area contributed by atoms with Crippen LogP contribution in [0.1, 0.15) is 31.1 Å². The lowest BCUT2D eigenvalue weighted by Crippen LogP contribution is -2.50. The normalized spacial score (nSPS) is 12.2. The maximum Gasteiger partial charge on any atom is 0.274 e. The molecular formula is C19H24N4O4S. The van der Waals surface area contributed by atoms with E-state index in [4.69, 9.17) is 15.3 Å². The van der Waals surface area contributed by atoms with Crippen LogP contribution >= 0.6 is 11.8 Å². The zero-order valence-corrected chi connectivity index (χ0v) is 17.3. The fourth-order valence-corrected chi connectivity index (χ4v) is 3.36. The van der Waals surface area contributed by atoms with Gasteiger partial charge in [-0.3, -0.25) is 9.59 Å². The van der Waals surface area contributed by atoms with E-state index in [1.807, 2.05) is 20.8 Å². The molecule has 150 valence electrons. The largest absolute Gasteiger partial charge is 0.481 e. The van der Waals surface area contributed by atoms with Crippen LogP contribution in [0.3, 0.4) is 0 Å². The lowest BCUT2D eigenvalue weighted by atomic mass is 9.91. The summed E-state index contributed by atoms with van der Waals surface area (Å²) in [5, 5.41) is 0.211. The summed E-state index contributed by atoms with van der Waals surface area (Å²) in [5.74, 6) is 5.37. The Morgan fingerprint density at radius 1 is 1.07 bits per heavy atom. The fourth-order valence-electron chi connectivity index (χ4n) is 2.29. The van der Waals surface area contributed by atoms with Crippen molar-refractivity contribution in [1.82, 2.24) is 15.0 Å². The molecule has 0 saturated carbocycles. The first-order valence-electron chi connectivity index (χ1n) is 8.49. The van der Waals surface area contributed by atoms with E-state index in [-0.39, 0.29) is 5.16 Å². The summed E-state index contributed by atoms with van der Waals surface area (Å²) < 4.78 is 10.3. The lowest BCUT2D eigenvalue weighted by Gasteiger charge is -2.30. The summed E-state index contributed by atoms with van der Waals surface area (Å²) in [5.41, 5.74) is -0.203. The van der Waals surface area contributed by atoms with Gasteiger partial charge in [-0.2, -0.15) is 9.97 Å². The van der Waals surface area contributed by atoms with E-state index >= 15 is 0 Å². The molecule has 1 unspecified atom stereocenters. The van der Waals surface area contributed by atoms with Crippen LogP contribution in [0.5, 0.6) is 11.8 Å². The Labute approximate surface area is 168 Å². The van der Waals surface area contributed by atoms with Gasteiger partial charge in [0.1, 0.15) is 0 Å². The predicted octanol–water partition coefficient (Wildman–Crippen LogP) is 2.54. The molecule has 0 saturated heterocycles. The van der Waals surface area contributed by atoms with Crippen LogP contribution in [0.4, 0.5) is 0 Å². The molecule has 1 aromatic carbocycles. The summed E-state index contributed by atoms with van der Waals surface area (Å²) in [7, 11) is 2.95. The minimum absolute atomic E-state index is 0.282. The number of nitrogens with two attached hydrogens (primary N) is 1. The third kappa shape index (κ3) is 5.20. The van der Waals surface area contributed by atoms with Crippen LogP contribution in [-0.2, 0) is 4.79 Å². The number of benzene rings is 1. The average Bonchev–Trinajstić information content (AvgIpc) is 2.69. The van der Waals surface area contributed by atoms with Gasteiger partial charge < -0.3 is 9.47 Å². The molecule has 28 heavy (non-hydrogen) atoms. The van der Waals surface area contributed by atoms with Crippen molar-refractivity contribution < 1.29 is 19.1 Å². The van der Waals surface area contributed by atoms with Crippen LogP contribution in [0.15, 0.2) is 41.6 Å². The van der Waals surface area contributed by atoms with Crippen molar-refractivity contribution >= 4 is 23.6 Å². The molecule has 2 N–H and O–H groups in total. The van der Waals surface area contributed by atoms with Crippen molar-refractivity contribution in [3.8, 4) is 11.8 Å². The molecule has 2 rings (SSSR count). The Hall–Kier alpha value is -2.65. The molecule has 0 aliphatic heterocycles. The van der Waals surface area contributed by atoms with Crippen molar-refractivity contribution in [1.29, 1.82) is 0 Å².